The van der Waals surface area contributed by atoms with Crippen molar-refractivity contribution in [1.82, 2.24) is 10.0 Å². The number of hydrogen-bond donors (Lipinski definition) is 2. The SMILES string of the molecule is C#CCNC(=O)c1cc(S(=O)(=O)NCc2ccccc2)ccc1C. The first-order valence-corrected chi connectivity index (χ1v) is 8.78. The standard InChI is InChI=1S/C18H18N2O3S/c1-3-11-19-18(21)17-12-16(10-9-14(17)2)24(22,23)20-13-15-7-5-4-6-8-15/h1,4-10,12,20H,11,13H2,2H3,(H,19,21). The maximum atomic E-state index is 12.4. The Hall–Kier alpha value is -2.62. The molecule has 5 nitrogen and oxygen atoms in total. The van der Waals surface area contributed by atoms with Crippen molar-refractivity contribution < 1.29 is 13.2 Å². The van der Waals surface area contributed by atoms with Crippen molar-refractivity contribution in [2.45, 2.75) is 18.4 Å². The molecule has 0 aliphatic rings. The van der Waals surface area contributed by atoms with E-state index in [2.05, 4.69) is 16.0 Å². The Bertz CT molecular complexity index is 869. The van der Waals surface area contributed by atoms with Gasteiger partial charge in [0.25, 0.3) is 5.91 Å². The van der Waals surface area contributed by atoms with Crippen LogP contribution in [0.15, 0.2) is 53.4 Å². The van der Waals surface area contributed by atoms with Gasteiger partial charge in [0.1, 0.15) is 0 Å². The van der Waals surface area contributed by atoms with Crippen LogP contribution in [0.4, 0.5) is 0 Å². The number of nitrogens with one attached hydrogen (secondary N) is 2. The number of benzene rings is 2. The quantitative estimate of drug-likeness (QED) is 0.787. The summed E-state index contributed by atoms with van der Waals surface area (Å²) in [6, 6.07) is 13.6. The summed E-state index contributed by atoms with van der Waals surface area (Å²) in [5, 5.41) is 2.54. The summed E-state index contributed by atoms with van der Waals surface area (Å²) in [7, 11) is -3.72. The average Bonchev–Trinajstić information content (AvgIpc) is 2.59. The van der Waals surface area contributed by atoms with Crippen LogP contribution in [0, 0.1) is 19.3 Å². The predicted octanol–water partition coefficient (Wildman–Crippen LogP) is 1.84. The highest BCUT2D eigenvalue weighted by Crippen LogP contribution is 2.16. The average molecular weight is 342 g/mol. The second-order valence-corrected chi connectivity index (χ2v) is 6.94. The van der Waals surface area contributed by atoms with E-state index in [0.29, 0.717) is 5.56 Å². The van der Waals surface area contributed by atoms with Gasteiger partial charge in [-0.3, -0.25) is 4.79 Å². The van der Waals surface area contributed by atoms with Crippen molar-refractivity contribution in [3.8, 4) is 12.3 Å². The Morgan fingerprint density at radius 2 is 1.88 bits per heavy atom. The molecule has 0 fully saturated rings. The van der Waals surface area contributed by atoms with Crippen molar-refractivity contribution in [1.29, 1.82) is 0 Å². The van der Waals surface area contributed by atoms with Gasteiger partial charge in [-0.25, -0.2) is 13.1 Å². The van der Waals surface area contributed by atoms with E-state index in [1.54, 1.807) is 13.0 Å². The largest absolute Gasteiger partial charge is 0.341 e. The molecule has 124 valence electrons. The molecule has 2 rings (SSSR count). The zero-order valence-corrected chi connectivity index (χ0v) is 14.1. The van der Waals surface area contributed by atoms with Crippen LogP contribution < -0.4 is 10.0 Å². The molecule has 0 saturated carbocycles. The van der Waals surface area contributed by atoms with Crippen LogP contribution in [0.3, 0.4) is 0 Å². The Morgan fingerprint density at radius 1 is 1.17 bits per heavy atom. The Kier molecular flexibility index (Phi) is 5.74. The molecule has 2 N–H and O–H groups in total. The molecule has 24 heavy (non-hydrogen) atoms. The number of aryl methyl sites for hydroxylation is 1. The molecule has 0 saturated heterocycles. The third kappa shape index (κ3) is 4.44. The fraction of sp³-hybridized carbons (Fsp3) is 0.167. The molecular weight excluding hydrogens is 324 g/mol. The third-order valence-corrected chi connectivity index (χ3v) is 4.82. The Labute approximate surface area is 142 Å². The first-order chi connectivity index (χ1) is 11.4. The lowest BCUT2D eigenvalue weighted by atomic mass is 10.1. The zero-order chi connectivity index (χ0) is 17.6. The Morgan fingerprint density at radius 3 is 2.54 bits per heavy atom. The lowest BCUT2D eigenvalue weighted by molar-refractivity contribution is 0.0958. The van der Waals surface area contributed by atoms with Gasteiger partial charge < -0.3 is 5.32 Å². The molecule has 2 aromatic carbocycles. The van der Waals surface area contributed by atoms with E-state index in [4.69, 9.17) is 6.42 Å². The van der Waals surface area contributed by atoms with Crippen molar-refractivity contribution in [2.24, 2.45) is 0 Å². The lowest BCUT2D eigenvalue weighted by Crippen LogP contribution is -2.26. The van der Waals surface area contributed by atoms with Gasteiger partial charge in [0.2, 0.25) is 10.0 Å². The van der Waals surface area contributed by atoms with Gasteiger partial charge in [-0.1, -0.05) is 42.3 Å². The first-order valence-electron chi connectivity index (χ1n) is 7.30. The Balaban J connectivity index is 2.21. The van der Waals surface area contributed by atoms with E-state index in [1.807, 2.05) is 30.3 Å². The van der Waals surface area contributed by atoms with E-state index in [1.165, 1.54) is 12.1 Å². The van der Waals surface area contributed by atoms with E-state index in [9.17, 15) is 13.2 Å². The van der Waals surface area contributed by atoms with Crippen LogP contribution in [0.5, 0.6) is 0 Å². The molecule has 0 spiro atoms. The molecule has 0 radical (unpaired) electrons. The summed E-state index contributed by atoms with van der Waals surface area (Å²) < 4.78 is 27.4. The maximum absolute atomic E-state index is 12.4. The smallest absolute Gasteiger partial charge is 0.252 e. The number of amides is 1. The molecule has 6 heteroatoms. The minimum atomic E-state index is -3.72. The molecule has 0 bridgehead atoms. The number of carbonyl (C=O) groups excluding carboxylic acids is 1. The highest BCUT2D eigenvalue weighted by molar-refractivity contribution is 7.89. The molecule has 2 aromatic rings. The lowest BCUT2D eigenvalue weighted by Gasteiger charge is -2.10. The molecule has 0 atom stereocenters. The number of sulfonamides is 1. The highest BCUT2D eigenvalue weighted by atomic mass is 32.2. The summed E-state index contributed by atoms with van der Waals surface area (Å²) >= 11 is 0. The fourth-order valence-electron chi connectivity index (χ4n) is 2.10. The minimum Gasteiger partial charge on any atom is -0.341 e. The summed E-state index contributed by atoms with van der Waals surface area (Å²) in [5.74, 6) is 1.91. The molecule has 0 heterocycles. The van der Waals surface area contributed by atoms with Gasteiger partial charge in [0, 0.05) is 12.1 Å². The summed E-state index contributed by atoms with van der Waals surface area (Å²) in [5.41, 5.74) is 1.81. The molecule has 0 aromatic heterocycles. The number of rotatable bonds is 6. The van der Waals surface area contributed by atoms with Crippen LogP contribution in [-0.4, -0.2) is 20.9 Å². The first kappa shape index (κ1) is 17.7. The summed E-state index contributed by atoms with van der Waals surface area (Å²) in [6.45, 7) is 2.00. The summed E-state index contributed by atoms with van der Waals surface area (Å²) in [4.78, 5) is 12.1. The predicted molar refractivity (Wildman–Crippen MR) is 92.8 cm³/mol. The maximum Gasteiger partial charge on any atom is 0.252 e. The molecule has 0 aliphatic heterocycles. The van der Waals surface area contributed by atoms with Crippen molar-refractivity contribution in [2.75, 3.05) is 6.54 Å². The van der Waals surface area contributed by atoms with Crippen LogP contribution >= 0.6 is 0 Å². The third-order valence-electron chi connectivity index (χ3n) is 3.42. The fourth-order valence-corrected chi connectivity index (χ4v) is 3.14. The zero-order valence-electron chi connectivity index (χ0n) is 13.2. The van der Waals surface area contributed by atoms with E-state index in [-0.39, 0.29) is 23.5 Å². The van der Waals surface area contributed by atoms with Crippen LogP contribution in [0.25, 0.3) is 0 Å². The van der Waals surface area contributed by atoms with E-state index >= 15 is 0 Å². The van der Waals surface area contributed by atoms with Crippen molar-refractivity contribution in [3.05, 3.63) is 65.2 Å². The highest BCUT2D eigenvalue weighted by Gasteiger charge is 2.17. The molecule has 0 unspecified atom stereocenters. The van der Waals surface area contributed by atoms with Gasteiger partial charge in [-0.2, -0.15) is 0 Å². The number of hydrogen-bond acceptors (Lipinski definition) is 3. The van der Waals surface area contributed by atoms with Crippen LogP contribution in [-0.2, 0) is 16.6 Å². The van der Waals surface area contributed by atoms with E-state index in [0.717, 1.165) is 5.56 Å². The second-order valence-electron chi connectivity index (χ2n) is 5.17. The normalized spacial score (nSPS) is 10.8. The monoisotopic (exact) mass is 342 g/mol. The summed E-state index contributed by atoms with van der Waals surface area (Å²) in [6.07, 6.45) is 5.12. The van der Waals surface area contributed by atoms with Gasteiger partial charge in [-0.05, 0) is 30.2 Å². The number of terminal acetylenes is 1. The minimum absolute atomic E-state index is 0.0369. The topological polar surface area (TPSA) is 75.3 Å². The van der Waals surface area contributed by atoms with Gasteiger partial charge in [0.15, 0.2) is 0 Å². The van der Waals surface area contributed by atoms with Gasteiger partial charge in [-0.15, -0.1) is 6.42 Å². The number of carbonyl (C=O) groups is 1. The molecule has 0 aliphatic carbocycles. The van der Waals surface area contributed by atoms with E-state index < -0.39 is 15.9 Å². The molecular formula is C18H18N2O3S. The van der Waals surface area contributed by atoms with Crippen molar-refractivity contribution in [3.63, 3.8) is 0 Å². The van der Waals surface area contributed by atoms with Gasteiger partial charge in [0.05, 0.1) is 11.4 Å². The van der Waals surface area contributed by atoms with Gasteiger partial charge >= 0.3 is 0 Å². The molecule has 1 amide bonds. The second kappa shape index (κ2) is 7.77. The van der Waals surface area contributed by atoms with Crippen LogP contribution in [0.2, 0.25) is 0 Å². The van der Waals surface area contributed by atoms with Crippen molar-refractivity contribution >= 4 is 15.9 Å². The van der Waals surface area contributed by atoms with Crippen LogP contribution in [0.1, 0.15) is 21.5 Å².